The van der Waals surface area contributed by atoms with Crippen molar-refractivity contribution in [2.75, 3.05) is 19.7 Å². The minimum absolute atomic E-state index is 0.243. The minimum atomic E-state index is -0.924. The fraction of sp³-hybridized carbons (Fsp3) is 0.333. The van der Waals surface area contributed by atoms with Gasteiger partial charge in [-0.3, -0.25) is 0 Å². The lowest BCUT2D eigenvalue weighted by Gasteiger charge is -2.31. The fourth-order valence-corrected chi connectivity index (χ4v) is 1.80. The Bertz CT molecular complexity index is 450. The quantitative estimate of drug-likeness (QED) is 0.798. The summed E-state index contributed by atoms with van der Waals surface area (Å²) in [7, 11) is 0. The third-order valence-electron chi connectivity index (χ3n) is 2.75. The molecule has 1 saturated heterocycles. The van der Waals surface area contributed by atoms with Crippen molar-refractivity contribution < 1.29 is 14.6 Å². The summed E-state index contributed by atoms with van der Waals surface area (Å²) in [4.78, 5) is 12.2. The lowest BCUT2D eigenvalue weighted by atomic mass is 10.1. The predicted octanol–water partition coefficient (Wildman–Crippen LogP) is 1.61. The molecular formula is C12H12N2O3. The number of nitrogens with zero attached hydrogens (tertiary/aromatic N) is 2. The molecule has 1 atom stereocenters. The van der Waals surface area contributed by atoms with Crippen LogP contribution in [-0.4, -0.2) is 35.8 Å². The Labute approximate surface area is 98.8 Å². The molecule has 1 aliphatic rings. The van der Waals surface area contributed by atoms with Crippen LogP contribution in [0.5, 0.6) is 0 Å². The number of hydrogen-bond donors (Lipinski definition) is 1. The highest BCUT2D eigenvalue weighted by Gasteiger charge is 2.24. The van der Waals surface area contributed by atoms with Gasteiger partial charge in [0, 0.05) is 6.54 Å². The summed E-state index contributed by atoms with van der Waals surface area (Å²) in [6.45, 7) is 1.14. The Hall–Kier alpha value is -2.06. The Morgan fingerprint density at radius 2 is 2.18 bits per heavy atom. The van der Waals surface area contributed by atoms with Crippen molar-refractivity contribution in [3.05, 3.63) is 35.4 Å². The van der Waals surface area contributed by atoms with Crippen LogP contribution in [0.3, 0.4) is 0 Å². The third-order valence-corrected chi connectivity index (χ3v) is 2.75. The first-order valence-electron chi connectivity index (χ1n) is 5.30. The number of ether oxygens (including phenoxy) is 1. The Kier molecular flexibility index (Phi) is 3.26. The maximum Gasteiger partial charge on any atom is 0.407 e. The fourth-order valence-electron chi connectivity index (χ4n) is 1.80. The molecule has 0 saturated carbocycles. The highest BCUT2D eigenvalue weighted by atomic mass is 16.5. The molecule has 5 heteroatoms. The summed E-state index contributed by atoms with van der Waals surface area (Å²) >= 11 is 0. The molecule has 2 rings (SSSR count). The zero-order valence-electron chi connectivity index (χ0n) is 9.17. The average Bonchev–Trinajstić information content (AvgIpc) is 2.39. The zero-order valence-corrected chi connectivity index (χ0v) is 9.17. The van der Waals surface area contributed by atoms with Crippen LogP contribution in [0.15, 0.2) is 24.3 Å². The summed E-state index contributed by atoms with van der Waals surface area (Å²) in [5.74, 6) is 0. The summed E-state index contributed by atoms with van der Waals surface area (Å²) < 4.78 is 5.53. The van der Waals surface area contributed by atoms with Crippen molar-refractivity contribution in [1.29, 1.82) is 5.26 Å². The Morgan fingerprint density at radius 3 is 2.76 bits per heavy atom. The third kappa shape index (κ3) is 2.55. The summed E-state index contributed by atoms with van der Waals surface area (Å²) in [6.07, 6.45) is -1.17. The Balaban J connectivity index is 2.11. The first kappa shape index (κ1) is 11.4. The van der Waals surface area contributed by atoms with E-state index in [-0.39, 0.29) is 6.10 Å². The van der Waals surface area contributed by atoms with Crippen LogP contribution >= 0.6 is 0 Å². The molecule has 1 aliphatic heterocycles. The van der Waals surface area contributed by atoms with Gasteiger partial charge in [-0.15, -0.1) is 0 Å². The summed E-state index contributed by atoms with van der Waals surface area (Å²) in [5.41, 5.74) is 1.48. The topological polar surface area (TPSA) is 73.6 Å². The molecule has 0 aromatic heterocycles. The molecule has 5 nitrogen and oxygen atoms in total. The lowest BCUT2D eigenvalue weighted by Crippen LogP contribution is -2.41. The van der Waals surface area contributed by atoms with Crippen LogP contribution in [0, 0.1) is 11.3 Å². The van der Waals surface area contributed by atoms with E-state index in [0.717, 1.165) is 5.56 Å². The van der Waals surface area contributed by atoms with E-state index in [1.807, 2.05) is 6.07 Å². The monoisotopic (exact) mass is 232 g/mol. The molecular weight excluding hydrogens is 220 g/mol. The Morgan fingerprint density at radius 1 is 1.47 bits per heavy atom. The highest BCUT2D eigenvalue weighted by Crippen LogP contribution is 2.22. The van der Waals surface area contributed by atoms with Gasteiger partial charge in [0.05, 0.1) is 24.8 Å². The second-order valence-corrected chi connectivity index (χ2v) is 3.82. The number of carboxylic acid groups (broad SMARTS) is 1. The minimum Gasteiger partial charge on any atom is -0.465 e. The van der Waals surface area contributed by atoms with Crippen LogP contribution in [0.4, 0.5) is 4.79 Å². The van der Waals surface area contributed by atoms with Gasteiger partial charge in [-0.1, -0.05) is 12.1 Å². The molecule has 0 radical (unpaired) electrons. The molecule has 1 aromatic rings. The molecule has 0 spiro atoms. The van der Waals surface area contributed by atoms with Crippen molar-refractivity contribution in [3.63, 3.8) is 0 Å². The second kappa shape index (κ2) is 4.85. The van der Waals surface area contributed by atoms with Crippen molar-refractivity contribution >= 4 is 6.09 Å². The molecule has 1 N–H and O–H groups in total. The second-order valence-electron chi connectivity index (χ2n) is 3.82. The van der Waals surface area contributed by atoms with Crippen LogP contribution in [0.25, 0.3) is 0 Å². The van der Waals surface area contributed by atoms with Gasteiger partial charge in [0.2, 0.25) is 0 Å². The molecule has 88 valence electrons. The largest absolute Gasteiger partial charge is 0.465 e. The van der Waals surface area contributed by atoms with Gasteiger partial charge in [0.15, 0.2) is 0 Å². The van der Waals surface area contributed by atoms with Crippen molar-refractivity contribution in [2.24, 2.45) is 0 Å². The van der Waals surface area contributed by atoms with Crippen molar-refractivity contribution in [2.45, 2.75) is 6.10 Å². The van der Waals surface area contributed by atoms with Gasteiger partial charge in [0.1, 0.15) is 6.10 Å². The van der Waals surface area contributed by atoms with E-state index >= 15 is 0 Å². The maximum absolute atomic E-state index is 10.9. The number of nitriles is 1. The van der Waals surface area contributed by atoms with E-state index in [1.54, 1.807) is 24.3 Å². The van der Waals surface area contributed by atoms with Gasteiger partial charge in [-0.25, -0.2) is 4.79 Å². The normalized spacial score (nSPS) is 19.7. The number of benzene rings is 1. The maximum atomic E-state index is 10.9. The standard InChI is InChI=1S/C12H12N2O3/c13-7-9-1-3-10(4-2-9)11-8-14(12(15)16)5-6-17-11/h1-4,11H,5-6,8H2,(H,15,16)/t11-/m1/s1. The number of carbonyl (C=O) groups is 1. The molecule has 0 aliphatic carbocycles. The zero-order chi connectivity index (χ0) is 12.3. The first-order chi connectivity index (χ1) is 8.20. The molecule has 1 amide bonds. The van der Waals surface area contributed by atoms with Gasteiger partial charge in [-0.05, 0) is 17.7 Å². The number of rotatable bonds is 1. The molecule has 0 bridgehead atoms. The average molecular weight is 232 g/mol. The van der Waals surface area contributed by atoms with Gasteiger partial charge < -0.3 is 14.7 Å². The van der Waals surface area contributed by atoms with Crippen molar-refractivity contribution in [3.8, 4) is 6.07 Å². The van der Waals surface area contributed by atoms with E-state index < -0.39 is 6.09 Å². The molecule has 1 fully saturated rings. The van der Waals surface area contributed by atoms with Gasteiger partial charge in [-0.2, -0.15) is 5.26 Å². The molecule has 1 aromatic carbocycles. The first-order valence-corrected chi connectivity index (χ1v) is 5.30. The van der Waals surface area contributed by atoms with E-state index in [9.17, 15) is 4.79 Å². The lowest BCUT2D eigenvalue weighted by molar-refractivity contribution is -0.0232. The van der Waals surface area contributed by atoms with E-state index in [1.165, 1.54) is 4.90 Å². The van der Waals surface area contributed by atoms with Crippen LogP contribution in [-0.2, 0) is 4.74 Å². The van der Waals surface area contributed by atoms with Gasteiger partial charge in [0.25, 0.3) is 0 Å². The van der Waals surface area contributed by atoms with Crippen LogP contribution in [0.1, 0.15) is 17.2 Å². The molecule has 1 heterocycles. The van der Waals surface area contributed by atoms with E-state index in [2.05, 4.69) is 0 Å². The number of morpholine rings is 1. The predicted molar refractivity (Wildman–Crippen MR) is 59.4 cm³/mol. The summed E-state index contributed by atoms with van der Waals surface area (Å²) in [6, 6.07) is 9.05. The smallest absolute Gasteiger partial charge is 0.407 e. The van der Waals surface area contributed by atoms with Gasteiger partial charge >= 0.3 is 6.09 Å². The van der Waals surface area contributed by atoms with Crippen LogP contribution < -0.4 is 0 Å². The SMILES string of the molecule is N#Cc1ccc([C@H]2CN(C(=O)O)CCO2)cc1. The van der Waals surface area contributed by atoms with Crippen molar-refractivity contribution in [1.82, 2.24) is 4.90 Å². The molecule has 17 heavy (non-hydrogen) atoms. The van der Waals surface area contributed by atoms with E-state index in [4.69, 9.17) is 15.1 Å². The molecule has 0 unspecified atom stereocenters. The number of amides is 1. The number of hydrogen-bond acceptors (Lipinski definition) is 3. The van der Waals surface area contributed by atoms with E-state index in [0.29, 0.717) is 25.3 Å². The summed E-state index contributed by atoms with van der Waals surface area (Å²) in [5, 5.41) is 17.6. The highest BCUT2D eigenvalue weighted by molar-refractivity contribution is 5.65. The van der Waals surface area contributed by atoms with Crippen LogP contribution in [0.2, 0.25) is 0 Å².